The van der Waals surface area contributed by atoms with Gasteiger partial charge in [0.2, 0.25) is 0 Å². The zero-order valence-electron chi connectivity index (χ0n) is 10.3. The van der Waals surface area contributed by atoms with E-state index in [2.05, 4.69) is 64.2 Å². The predicted octanol–water partition coefficient (Wildman–Crippen LogP) is 2.63. The van der Waals surface area contributed by atoms with Gasteiger partial charge < -0.3 is 0 Å². The maximum Gasteiger partial charge on any atom is 0.106 e. The molecule has 1 aromatic carbocycles. The second-order valence-corrected chi connectivity index (χ2v) is 11.1. The van der Waals surface area contributed by atoms with Gasteiger partial charge in [-0.1, -0.05) is 52.9 Å². The lowest BCUT2D eigenvalue weighted by molar-refractivity contribution is 0.650. The highest BCUT2D eigenvalue weighted by Gasteiger charge is 2.20. The minimum absolute atomic E-state index is 0.783. The van der Waals surface area contributed by atoms with E-state index < -0.39 is 8.07 Å². The van der Waals surface area contributed by atoms with Crippen molar-refractivity contribution in [2.75, 3.05) is 0 Å². The Hall–Kier alpha value is -0.943. The molecular formula is C12H16BrN3Si. The zero-order valence-corrected chi connectivity index (χ0v) is 12.9. The summed E-state index contributed by atoms with van der Waals surface area (Å²) >= 11 is 3.43. The fraction of sp³-hybridized carbons (Fsp3) is 0.333. The number of nitrogens with zero attached hydrogens (tertiary/aromatic N) is 3. The third-order valence-corrected chi connectivity index (χ3v) is 4.86. The van der Waals surface area contributed by atoms with Crippen molar-refractivity contribution in [1.29, 1.82) is 0 Å². The summed E-state index contributed by atoms with van der Waals surface area (Å²) in [6.45, 7) is 7.62. The number of aromatic nitrogens is 3. The first-order valence-electron chi connectivity index (χ1n) is 5.60. The number of hydrogen-bond donors (Lipinski definition) is 0. The Morgan fingerprint density at radius 3 is 2.35 bits per heavy atom. The topological polar surface area (TPSA) is 30.7 Å². The molecule has 0 amide bonds. The summed E-state index contributed by atoms with van der Waals surface area (Å²) in [5, 5.41) is 9.62. The van der Waals surface area contributed by atoms with E-state index in [1.54, 1.807) is 0 Å². The van der Waals surface area contributed by atoms with E-state index >= 15 is 0 Å². The van der Waals surface area contributed by atoms with Gasteiger partial charge in [-0.25, -0.2) is 4.68 Å². The Bertz CT molecular complexity index is 499. The van der Waals surface area contributed by atoms with Crippen LogP contribution in [0.1, 0.15) is 5.56 Å². The highest BCUT2D eigenvalue weighted by atomic mass is 79.9. The van der Waals surface area contributed by atoms with Crippen LogP contribution in [-0.2, 0) is 6.54 Å². The number of hydrogen-bond acceptors (Lipinski definition) is 2. The summed E-state index contributed by atoms with van der Waals surface area (Å²) in [6, 6.07) is 8.29. The fourth-order valence-corrected chi connectivity index (χ4v) is 2.64. The zero-order chi connectivity index (χ0) is 12.5. The second kappa shape index (κ2) is 4.74. The summed E-state index contributed by atoms with van der Waals surface area (Å²) in [7, 11) is -1.34. The fourth-order valence-electron chi connectivity index (χ4n) is 1.50. The molecule has 1 heterocycles. The number of halogens is 1. The van der Waals surface area contributed by atoms with E-state index in [0.717, 1.165) is 16.3 Å². The molecule has 0 atom stereocenters. The van der Waals surface area contributed by atoms with E-state index in [9.17, 15) is 0 Å². The molecule has 3 nitrogen and oxygen atoms in total. The van der Waals surface area contributed by atoms with Crippen molar-refractivity contribution in [1.82, 2.24) is 15.0 Å². The van der Waals surface area contributed by atoms with Gasteiger partial charge in [0.15, 0.2) is 0 Å². The van der Waals surface area contributed by atoms with Gasteiger partial charge in [-0.2, -0.15) is 0 Å². The molecule has 0 bridgehead atoms. The molecule has 90 valence electrons. The van der Waals surface area contributed by atoms with E-state index in [1.165, 1.54) is 5.56 Å². The standard InChI is InChI=1S/C12H16BrN3Si/c1-17(2,3)12-9-16(15-14-12)8-10-4-6-11(13)7-5-10/h4-7,9H,8H2,1-3H3. The molecule has 0 saturated heterocycles. The molecule has 0 saturated carbocycles. The average Bonchev–Trinajstić information content (AvgIpc) is 2.69. The van der Waals surface area contributed by atoms with Crippen molar-refractivity contribution in [3.63, 3.8) is 0 Å². The molecule has 17 heavy (non-hydrogen) atoms. The SMILES string of the molecule is C[Si](C)(C)c1cn(Cc2ccc(Br)cc2)nn1. The monoisotopic (exact) mass is 309 g/mol. The molecular weight excluding hydrogens is 294 g/mol. The summed E-state index contributed by atoms with van der Waals surface area (Å²) in [5.74, 6) is 0. The van der Waals surface area contributed by atoms with Gasteiger partial charge in [0.05, 0.1) is 11.9 Å². The quantitative estimate of drug-likeness (QED) is 0.816. The van der Waals surface area contributed by atoms with Gasteiger partial charge in [0, 0.05) is 10.7 Å². The van der Waals surface area contributed by atoms with Crippen LogP contribution in [0.25, 0.3) is 0 Å². The summed E-state index contributed by atoms with van der Waals surface area (Å²) in [5.41, 5.74) is 1.24. The van der Waals surface area contributed by atoms with Gasteiger partial charge >= 0.3 is 0 Å². The molecule has 2 rings (SSSR count). The van der Waals surface area contributed by atoms with Crippen LogP contribution in [0.2, 0.25) is 19.6 Å². The predicted molar refractivity (Wildman–Crippen MR) is 76.2 cm³/mol. The largest absolute Gasteiger partial charge is 0.248 e. The molecule has 2 aromatic rings. The molecule has 0 unspecified atom stereocenters. The number of rotatable bonds is 3. The van der Waals surface area contributed by atoms with Crippen LogP contribution >= 0.6 is 15.9 Å². The molecule has 0 aliphatic carbocycles. The van der Waals surface area contributed by atoms with Crippen molar-refractivity contribution in [2.45, 2.75) is 26.2 Å². The van der Waals surface area contributed by atoms with Gasteiger partial charge in [0.25, 0.3) is 0 Å². The van der Waals surface area contributed by atoms with Crippen LogP contribution in [0.15, 0.2) is 34.9 Å². The lowest BCUT2D eigenvalue weighted by Gasteiger charge is -2.09. The first kappa shape index (κ1) is 12.5. The minimum Gasteiger partial charge on any atom is -0.248 e. The van der Waals surface area contributed by atoms with Gasteiger partial charge in [-0.15, -0.1) is 5.10 Å². The summed E-state index contributed by atoms with van der Waals surface area (Å²) < 4.78 is 3.01. The molecule has 0 aliphatic heterocycles. The Balaban J connectivity index is 2.14. The van der Waals surface area contributed by atoms with Gasteiger partial charge in [-0.05, 0) is 17.7 Å². The van der Waals surface area contributed by atoms with Crippen molar-refractivity contribution < 1.29 is 0 Å². The summed E-state index contributed by atoms with van der Waals surface area (Å²) in [4.78, 5) is 0. The van der Waals surface area contributed by atoms with Crippen molar-refractivity contribution in [2.24, 2.45) is 0 Å². The average molecular weight is 310 g/mol. The van der Waals surface area contributed by atoms with Gasteiger partial charge in [0.1, 0.15) is 8.07 Å². The minimum atomic E-state index is -1.34. The molecule has 0 spiro atoms. The highest BCUT2D eigenvalue weighted by molar-refractivity contribution is 9.10. The molecule has 0 fully saturated rings. The number of benzene rings is 1. The maximum absolute atomic E-state index is 4.27. The van der Waals surface area contributed by atoms with Gasteiger partial charge in [-0.3, -0.25) is 0 Å². The van der Waals surface area contributed by atoms with E-state index in [-0.39, 0.29) is 0 Å². The molecule has 0 radical (unpaired) electrons. The smallest absolute Gasteiger partial charge is 0.106 e. The highest BCUT2D eigenvalue weighted by Crippen LogP contribution is 2.11. The van der Waals surface area contributed by atoms with Crippen molar-refractivity contribution in [3.8, 4) is 0 Å². The first-order chi connectivity index (χ1) is 7.95. The maximum atomic E-state index is 4.27. The lowest BCUT2D eigenvalue weighted by atomic mass is 10.2. The summed E-state index contributed by atoms with van der Waals surface area (Å²) in [6.07, 6.45) is 2.08. The van der Waals surface area contributed by atoms with Crippen LogP contribution in [0.5, 0.6) is 0 Å². The van der Waals surface area contributed by atoms with Crippen LogP contribution in [-0.4, -0.2) is 23.1 Å². The molecule has 1 aromatic heterocycles. The van der Waals surface area contributed by atoms with Crippen molar-refractivity contribution in [3.05, 3.63) is 40.5 Å². The van der Waals surface area contributed by atoms with Crippen LogP contribution in [0.4, 0.5) is 0 Å². The van der Waals surface area contributed by atoms with Crippen molar-refractivity contribution >= 4 is 29.3 Å². The Morgan fingerprint density at radius 1 is 1.18 bits per heavy atom. The van der Waals surface area contributed by atoms with E-state index in [1.807, 2.05) is 16.8 Å². The van der Waals surface area contributed by atoms with Crippen LogP contribution in [0.3, 0.4) is 0 Å². The Kier molecular flexibility index (Phi) is 3.49. The van der Waals surface area contributed by atoms with Crippen LogP contribution in [0, 0.1) is 0 Å². The van der Waals surface area contributed by atoms with E-state index in [4.69, 9.17) is 0 Å². The molecule has 5 heteroatoms. The first-order valence-corrected chi connectivity index (χ1v) is 9.89. The van der Waals surface area contributed by atoms with Crippen LogP contribution < -0.4 is 5.32 Å². The van der Waals surface area contributed by atoms with E-state index in [0.29, 0.717) is 0 Å². The third kappa shape index (κ3) is 3.26. The Morgan fingerprint density at radius 2 is 1.82 bits per heavy atom. The normalized spacial score (nSPS) is 11.8. The third-order valence-electron chi connectivity index (χ3n) is 2.56. The lowest BCUT2D eigenvalue weighted by Crippen LogP contribution is -2.38. The second-order valence-electron chi connectivity index (χ2n) is 5.18. The Labute approximate surface area is 111 Å². The molecule has 0 N–H and O–H groups in total. The molecule has 0 aliphatic rings.